The summed E-state index contributed by atoms with van der Waals surface area (Å²) >= 11 is 1.87. The largest absolute Gasteiger partial charge is 0.497 e. The summed E-state index contributed by atoms with van der Waals surface area (Å²) in [6.07, 6.45) is 2.02. The van der Waals surface area contributed by atoms with Crippen LogP contribution in [0.2, 0.25) is 0 Å². The molecule has 3 aromatic rings. The molecule has 0 atom stereocenters. The number of thioether (sulfide) groups is 1. The number of nitrogens with zero attached hydrogens (tertiary/aromatic N) is 2. The third kappa shape index (κ3) is 4.82. The minimum Gasteiger partial charge on any atom is -0.497 e. The van der Waals surface area contributed by atoms with Gasteiger partial charge in [-0.2, -0.15) is 0 Å². The molecule has 2 aromatic carbocycles. The molecule has 0 N–H and O–H groups in total. The van der Waals surface area contributed by atoms with E-state index >= 15 is 0 Å². The Kier molecular flexibility index (Phi) is 6.20. The van der Waals surface area contributed by atoms with Gasteiger partial charge in [0.25, 0.3) is 5.91 Å². The summed E-state index contributed by atoms with van der Waals surface area (Å²) in [6.45, 7) is 1.53. The predicted molar refractivity (Wildman–Crippen MR) is 114 cm³/mol. The van der Waals surface area contributed by atoms with Gasteiger partial charge in [-0.1, -0.05) is 35.5 Å². The fraction of sp³-hybridized carbons (Fsp3) is 0.304. The Labute approximate surface area is 175 Å². The van der Waals surface area contributed by atoms with E-state index < -0.39 is 0 Å². The lowest BCUT2D eigenvalue weighted by molar-refractivity contribution is 0.0688. The van der Waals surface area contributed by atoms with Crippen LogP contribution in [-0.4, -0.2) is 41.9 Å². The SMILES string of the molecule is COc1ccc(SCC2CCN(C(=O)c3cc(-c4ccccc4)on3)CC2)cc1. The zero-order chi connectivity index (χ0) is 20.1. The molecule has 29 heavy (non-hydrogen) atoms. The van der Waals surface area contributed by atoms with Crippen molar-refractivity contribution in [2.24, 2.45) is 5.92 Å². The normalized spacial score (nSPS) is 14.7. The van der Waals surface area contributed by atoms with E-state index in [2.05, 4.69) is 17.3 Å². The van der Waals surface area contributed by atoms with Gasteiger partial charge in [-0.15, -0.1) is 11.8 Å². The number of aromatic nitrogens is 1. The van der Waals surface area contributed by atoms with Gasteiger partial charge in [0.2, 0.25) is 0 Å². The fourth-order valence-corrected chi connectivity index (χ4v) is 4.56. The van der Waals surface area contributed by atoms with Crippen molar-refractivity contribution < 1.29 is 14.1 Å². The van der Waals surface area contributed by atoms with E-state index in [0.29, 0.717) is 17.4 Å². The molecule has 150 valence electrons. The number of benzene rings is 2. The molecule has 1 fully saturated rings. The number of likely N-dealkylation sites (tertiary alicyclic amines) is 1. The van der Waals surface area contributed by atoms with Crippen LogP contribution in [0.5, 0.6) is 5.75 Å². The highest BCUT2D eigenvalue weighted by Crippen LogP contribution is 2.28. The van der Waals surface area contributed by atoms with Gasteiger partial charge >= 0.3 is 0 Å². The maximum absolute atomic E-state index is 12.8. The first kappa shape index (κ1) is 19.6. The first-order valence-electron chi connectivity index (χ1n) is 9.81. The quantitative estimate of drug-likeness (QED) is 0.538. The molecule has 2 heterocycles. The third-order valence-corrected chi connectivity index (χ3v) is 6.48. The number of carbonyl (C=O) groups is 1. The maximum Gasteiger partial charge on any atom is 0.276 e. The molecule has 4 rings (SSSR count). The van der Waals surface area contributed by atoms with E-state index in [4.69, 9.17) is 9.26 Å². The van der Waals surface area contributed by atoms with Gasteiger partial charge < -0.3 is 14.2 Å². The predicted octanol–water partition coefficient (Wildman–Crippen LogP) is 4.99. The summed E-state index contributed by atoms with van der Waals surface area (Å²) in [4.78, 5) is 15.9. The summed E-state index contributed by atoms with van der Waals surface area (Å²) in [5.74, 6) is 3.14. The number of rotatable bonds is 6. The third-order valence-electron chi connectivity index (χ3n) is 5.23. The molecule has 1 aliphatic heterocycles. The maximum atomic E-state index is 12.8. The van der Waals surface area contributed by atoms with Crippen LogP contribution in [0.15, 0.2) is 70.1 Å². The zero-order valence-corrected chi connectivity index (χ0v) is 17.2. The highest BCUT2D eigenvalue weighted by atomic mass is 32.2. The highest BCUT2D eigenvalue weighted by Gasteiger charge is 2.26. The summed E-state index contributed by atoms with van der Waals surface area (Å²) in [7, 11) is 1.68. The number of hydrogen-bond donors (Lipinski definition) is 0. The minimum atomic E-state index is -0.0443. The average Bonchev–Trinajstić information content (AvgIpc) is 3.29. The van der Waals surface area contributed by atoms with E-state index in [9.17, 15) is 4.79 Å². The van der Waals surface area contributed by atoms with E-state index in [0.717, 1.165) is 43.0 Å². The Morgan fingerprint density at radius 3 is 2.55 bits per heavy atom. The van der Waals surface area contributed by atoms with Crippen LogP contribution in [0.25, 0.3) is 11.3 Å². The van der Waals surface area contributed by atoms with Gasteiger partial charge in [-0.05, 0) is 43.0 Å². The molecular weight excluding hydrogens is 384 g/mol. The van der Waals surface area contributed by atoms with Crippen molar-refractivity contribution in [1.82, 2.24) is 10.1 Å². The van der Waals surface area contributed by atoms with Crippen LogP contribution >= 0.6 is 11.8 Å². The van der Waals surface area contributed by atoms with Crippen LogP contribution < -0.4 is 4.74 Å². The second kappa shape index (κ2) is 9.18. The zero-order valence-electron chi connectivity index (χ0n) is 16.4. The van der Waals surface area contributed by atoms with Crippen molar-refractivity contribution in [3.05, 3.63) is 66.4 Å². The molecule has 0 aliphatic carbocycles. The van der Waals surface area contributed by atoms with E-state index in [-0.39, 0.29) is 5.91 Å². The summed E-state index contributed by atoms with van der Waals surface area (Å²) in [5, 5.41) is 4.00. The summed E-state index contributed by atoms with van der Waals surface area (Å²) in [6, 6.07) is 19.6. The van der Waals surface area contributed by atoms with Gasteiger partial charge in [0.15, 0.2) is 11.5 Å². The molecule has 0 spiro atoms. The number of ether oxygens (including phenoxy) is 1. The Morgan fingerprint density at radius 1 is 1.14 bits per heavy atom. The Hall–Kier alpha value is -2.73. The fourth-order valence-electron chi connectivity index (χ4n) is 3.47. The monoisotopic (exact) mass is 408 g/mol. The topological polar surface area (TPSA) is 55.6 Å². The van der Waals surface area contributed by atoms with Crippen molar-refractivity contribution in [2.75, 3.05) is 26.0 Å². The van der Waals surface area contributed by atoms with Crippen LogP contribution in [0.3, 0.4) is 0 Å². The molecule has 0 radical (unpaired) electrons. The number of hydrogen-bond acceptors (Lipinski definition) is 5. The van der Waals surface area contributed by atoms with Gasteiger partial charge in [0.1, 0.15) is 5.75 Å². The van der Waals surface area contributed by atoms with Gasteiger partial charge in [-0.25, -0.2) is 0 Å². The lowest BCUT2D eigenvalue weighted by atomic mass is 9.99. The smallest absolute Gasteiger partial charge is 0.276 e. The molecule has 1 amide bonds. The molecular formula is C23H24N2O3S. The molecule has 0 saturated carbocycles. The van der Waals surface area contributed by atoms with Crippen molar-refractivity contribution >= 4 is 17.7 Å². The highest BCUT2D eigenvalue weighted by molar-refractivity contribution is 7.99. The minimum absolute atomic E-state index is 0.0443. The van der Waals surface area contributed by atoms with Crippen molar-refractivity contribution in [2.45, 2.75) is 17.7 Å². The molecule has 5 nitrogen and oxygen atoms in total. The van der Waals surface area contributed by atoms with Crippen molar-refractivity contribution in [3.8, 4) is 17.1 Å². The second-order valence-corrected chi connectivity index (χ2v) is 8.26. The Balaban J connectivity index is 1.28. The van der Waals surface area contributed by atoms with Crippen LogP contribution in [-0.2, 0) is 0 Å². The van der Waals surface area contributed by atoms with E-state index in [1.54, 1.807) is 13.2 Å². The van der Waals surface area contributed by atoms with Gasteiger partial charge in [0, 0.05) is 35.4 Å². The van der Waals surface area contributed by atoms with Gasteiger partial charge in [-0.3, -0.25) is 4.79 Å². The molecule has 1 aromatic heterocycles. The van der Waals surface area contributed by atoms with Gasteiger partial charge in [0.05, 0.1) is 7.11 Å². The molecule has 0 bridgehead atoms. The molecule has 1 aliphatic rings. The molecule has 6 heteroatoms. The standard InChI is InChI=1S/C23H24N2O3S/c1-27-19-7-9-20(10-8-19)29-16-17-11-13-25(14-12-17)23(26)21-15-22(28-24-21)18-5-3-2-4-6-18/h2-10,15,17H,11-14,16H2,1H3. The first-order valence-corrected chi connectivity index (χ1v) is 10.8. The lowest BCUT2D eigenvalue weighted by Gasteiger charge is -2.31. The first-order chi connectivity index (χ1) is 14.2. The van der Waals surface area contributed by atoms with Crippen LogP contribution in [0.4, 0.5) is 0 Å². The molecule has 0 unspecified atom stereocenters. The number of amides is 1. The number of methoxy groups -OCH3 is 1. The Bertz CT molecular complexity index is 932. The van der Waals surface area contributed by atoms with E-state index in [1.807, 2.05) is 59.1 Å². The number of carbonyl (C=O) groups excluding carboxylic acids is 1. The van der Waals surface area contributed by atoms with Crippen LogP contribution in [0.1, 0.15) is 23.3 Å². The number of piperidine rings is 1. The van der Waals surface area contributed by atoms with Crippen LogP contribution in [0, 0.1) is 5.92 Å². The Morgan fingerprint density at radius 2 is 1.86 bits per heavy atom. The van der Waals surface area contributed by atoms with Crippen molar-refractivity contribution in [3.63, 3.8) is 0 Å². The van der Waals surface area contributed by atoms with E-state index in [1.165, 1.54) is 4.90 Å². The lowest BCUT2D eigenvalue weighted by Crippen LogP contribution is -2.39. The summed E-state index contributed by atoms with van der Waals surface area (Å²) in [5.41, 5.74) is 1.31. The molecule has 1 saturated heterocycles. The summed E-state index contributed by atoms with van der Waals surface area (Å²) < 4.78 is 10.6. The average molecular weight is 409 g/mol. The second-order valence-electron chi connectivity index (χ2n) is 7.16. The van der Waals surface area contributed by atoms with Crippen molar-refractivity contribution in [1.29, 1.82) is 0 Å².